The first kappa shape index (κ1) is 21.6. The highest BCUT2D eigenvalue weighted by molar-refractivity contribution is 7.92. The minimum Gasteiger partial charge on any atom is -0.326 e. The van der Waals surface area contributed by atoms with Crippen LogP contribution in [0.4, 0.5) is 11.4 Å². The maximum Gasteiger partial charge on any atom is 0.261 e. The zero-order valence-electron chi connectivity index (χ0n) is 17.9. The predicted octanol–water partition coefficient (Wildman–Crippen LogP) is 5.44. The van der Waals surface area contributed by atoms with Gasteiger partial charge in [0.05, 0.1) is 11.3 Å². The average molecular weight is 445 g/mol. The third kappa shape index (κ3) is 4.98. The predicted molar refractivity (Wildman–Crippen MR) is 129 cm³/mol. The topological polar surface area (TPSA) is 75.3 Å². The standard InChI is InChI=1S/C26H24N2O3S/c1-18-7-8-19(2)25(15-18)27-26(29)16-20-9-12-23(13-10-20)28-32(30,31)24-14-11-21-5-3-4-6-22(21)17-24/h3-15,17,28H,16H2,1-2H3,(H,27,29). The fourth-order valence-corrected chi connectivity index (χ4v) is 4.58. The molecular formula is C26H24N2O3S. The summed E-state index contributed by atoms with van der Waals surface area (Å²) in [5, 5.41) is 4.78. The molecule has 0 radical (unpaired) electrons. The highest BCUT2D eigenvalue weighted by atomic mass is 32.2. The van der Waals surface area contributed by atoms with Gasteiger partial charge in [0.25, 0.3) is 10.0 Å². The van der Waals surface area contributed by atoms with E-state index in [1.54, 1.807) is 42.5 Å². The Morgan fingerprint density at radius 3 is 2.28 bits per heavy atom. The van der Waals surface area contributed by atoms with Gasteiger partial charge in [-0.3, -0.25) is 9.52 Å². The third-order valence-corrected chi connectivity index (χ3v) is 6.65. The highest BCUT2D eigenvalue weighted by Gasteiger charge is 2.15. The van der Waals surface area contributed by atoms with E-state index in [0.29, 0.717) is 5.69 Å². The zero-order valence-corrected chi connectivity index (χ0v) is 18.7. The van der Waals surface area contributed by atoms with Crippen molar-refractivity contribution in [2.75, 3.05) is 10.0 Å². The van der Waals surface area contributed by atoms with E-state index in [2.05, 4.69) is 10.0 Å². The van der Waals surface area contributed by atoms with Crippen molar-refractivity contribution in [3.63, 3.8) is 0 Å². The van der Waals surface area contributed by atoms with Crippen LogP contribution in [0.3, 0.4) is 0 Å². The molecule has 0 aliphatic heterocycles. The van der Waals surface area contributed by atoms with Crippen LogP contribution in [-0.2, 0) is 21.2 Å². The molecule has 4 rings (SSSR count). The summed E-state index contributed by atoms with van der Waals surface area (Å²) < 4.78 is 28.2. The van der Waals surface area contributed by atoms with Crippen molar-refractivity contribution in [2.24, 2.45) is 0 Å². The molecule has 2 N–H and O–H groups in total. The fraction of sp³-hybridized carbons (Fsp3) is 0.115. The second-order valence-corrected chi connectivity index (χ2v) is 9.54. The summed E-state index contributed by atoms with van der Waals surface area (Å²) in [7, 11) is -3.72. The van der Waals surface area contributed by atoms with Gasteiger partial charge in [0.15, 0.2) is 0 Å². The quantitative estimate of drug-likeness (QED) is 0.416. The first-order valence-corrected chi connectivity index (χ1v) is 11.8. The summed E-state index contributed by atoms with van der Waals surface area (Å²) in [6, 6.07) is 25.4. The zero-order chi connectivity index (χ0) is 22.7. The lowest BCUT2D eigenvalue weighted by atomic mass is 10.1. The number of fused-ring (bicyclic) bond motifs is 1. The minimum atomic E-state index is -3.72. The first-order valence-electron chi connectivity index (χ1n) is 10.3. The molecule has 0 atom stereocenters. The molecule has 0 fully saturated rings. The maximum atomic E-state index is 12.8. The smallest absolute Gasteiger partial charge is 0.261 e. The number of carbonyl (C=O) groups excluding carboxylic acids is 1. The number of amides is 1. The number of aryl methyl sites for hydroxylation is 2. The van der Waals surface area contributed by atoms with E-state index in [-0.39, 0.29) is 17.2 Å². The van der Waals surface area contributed by atoms with Crippen LogP contribution in [0.2, 0.25) is 0 Å². The number of anilines is 2. The van der Waals surface area contributed by atoms with E-state index in [0.717, 1.165) is 33.2 Å². The molecule has 4 aromatic carbocycles. The van der Waals surface area contributed by atoms with Crippen LogP contribution in [0.15, 0.2) is 89.8 Å². The van der Waals surface area contributed by atoms with Crippen LogP contribution in [0, 0.1) is 13.8 Å². The van der Waals surface area contributed by atoms with Gasteiger partial charge in [-0.05, 0) is 71.6 Å². The number of benzene rings is 4. The Kier molecular flexibility index (Phi) is 5.97. The molecule has 1 amide bonds. The van der Waals surface area contributed by atoms with Gasteiger partial charge in [0.2, 0.25) is 5.91 Å². The second-order valence-electron chi connectivity index (χ2n) is 7.85. The van der Waals surface area contributed by atoms with E-state index in [1.807, 2.05) is 56.3 Å². The molecule has 6 heteroatoms. The molecule has 5 nitrogen and oxygen atoms in total. The molecule has 162 valence electrons. The van der Waals surface area contributed by atoms with Gasteiger partial charge in [-0.25, -0.2) is 8.42 Å². The maximum absolute atomic E-state index is 12.8. The summed E-state index contributed by atoms with van der Waals surface area (Å²) in [5.41, 5.74) is 4.12. The molecule has 0 heterocycles. The van der Waals surface area contributed by atoms with Crippen molar-refractivity contribution in [1.82, 2.24) is 0 Å². The summed E-state index contributed by atoms with van der Waals surface area (Å²) in [4.78, 5) is 12.6. The highest BCUT2D eigenvalue weighted by Crippen LogP contribution is 2.22. The molecular weight excluding hydrogens is 420 g/mol. The van der Waals surface area contributed by atoms with Gasteiger partial charge in [0.1, 0.15) is 0 Å². The number of rotatable bonds is 6. The van der Waals surface area contributed by atoms with E-state index in [4.69, 9.17) is 0 Å². The molecule has 0 aliphatic carbocycles. The van der Waals surface area contributed by atoms with Crippen LogP contribution in [0.1, 0.15) is 16.7 Å². The number of carbonyl (C=O) groups is 1. The van der Waals surface area contributed by atoms with Gasteiger partial charge >= 0.3 is 0 Å². The van der Waals surface area contributed by atoms with E-state index in [9.17, 15) is 13.2 Å². The van der Waals surface area contributed by atoms with Crippen LogP contribution >= 0.6 is 0 Å². The molecule has 0 bridgehead atoms. The lowest BCUT2D eigenvalue weighted by Crippen LogP contribution is -2.15. The molecule has 0 saturated carbocycles. The van der Waals surface area contributed by atoms with Gasteiger partial charge in [-0.2, -0.15) is 0 Å². The van der Waals surface area contributed by atoms with Crippen molar-refractivity contribution >= 4 is 38.1 Å². The van der Waals surface area contributed by atoms with Crippen LogP contribution < -0.4 is 10.0 Å². The fourth-order valence-electron chi connectivity index (χ4n) is 3.49. The van der Waals surface area contributed by atoms with Crippen molar-refractivity contribution in [3.8, 4) is 0 Å². The van der Waals surface area contributed by atoms with Crippen LogP contribution in [0.25, 0.3) is 10.8 Å². The van der Waals surface area contributed by atoms with Crippen LogP contribution in [-0.4, -0.2) is 14.3 Å². The largest absolute Gasteiger partial charge is 0.326 e. The third-order valence-electron chi connectivity index (χ3n) is 5.27. The molecule has 4 aromatic rings. The van der Waals surface area contributed by atoms with Gasteiger partial charge in [0, 0.05) is 11.4 Å². The summed E-state index contributed by atoms with van der Waals surface area (Å²) in [6.45, 7) is 3.93. The van der Waals surface area contributed by atoms with Gasteiger partial charge in [-0.15, -0.1) is 0 Å². The molecule has 32 heavy (non-hydrogen) atoms. The molecule has 0 saturated heterocycles. The summed E-state index contributed by atoms with van der Waals surface area (Å²) in [5.74, 6) is -0.122. The molecule has 0 aromatic heterocycles. The normalized spacial score (nSPS) is 11.3. The molecule has 0 unspecified atom stereocenters. The number of hydrogen-bond acceptors (Lipinski definition) is 3. The minimum absolute atomic E-state index is 0.122. The average Bonchev–Trinajstić information content (AvgIpc) is 2.77. The summed E-state index contributed by atoms with van der Waals surface area (Å²) in [6.07, 6.45) is 0.199. The Labute approximate surface area is 188 Å². The van der Waals surface area contributed by atoms with Crippen molar-refractivity contribution in [1.29, 1.82) is 0 Å². The van der Waals surface area contributed by atoms with E-state index in [1.165, 1.54) is 0 Å². The lowest BCUT2D eigenvalue weighted by Gasteiger charge is -2.11. The second kappa shape index (κ2) is 8.85. The SMILES string of the molecule is Cc1ccc(C)c(NC(=O)Cc2ccc(NS(=O)(=O)c3ccc4ccccc4c3)cc2)c1. The number of sulfonamides is 1. The Morgan fingerprint density at radius 2 is 1.53 bits per heavy atom. The Bertz CT molecular complexity index is 1390. The lowest BCUT2D eigenvalue weighted by molar-refractivity contribution is -0.115. The van der Waals surface area contributed by atoms with Crippen molar-refractivity contribution in [3.05, 3.63) is 102 Å². The Hall–Kier alpha value is -3.64. The van der Waals surface area contributed by atoms with Crippen molar-refractivity contribution in [2.45, 2.75) is 25.2 Å². The monoisotopic (exact) mass is 444 g/mol. The Morgan fingerprint density at radius 1 is 0.812 bits per heavy atom. The van der Waals surface area contributed by atoms with Crippen molar-refractivity contribution < 1.29 is 13.2 Å². The number of hydrogen-bond donors (Lipinski definition) is 2. The first-order chi connectivity index (χ1) is 15.3. The van der Waals surface area contributed by atoms with Crippen LogP contribution in [0.5, 0.6) is 0 Å². The van der Waals surface area contributed by atoms with Gasteiger partial charge < -0.3 is 5.32 Å². The molecule has 0 aliphatic rings. The summed E-state index contributed by atoms with van der Waals surface area (Å²) >= 11 is 0. The molecule has 0 spiro atoms. The number of nitrogens with one attached hydrogen (secondary N) is 2. The van der Waals surface area contributed by atoms with E-state index >= 15 is 0 Å². The van der Waals surface area contributed by atoms with E-state index < -0.39 is 10.0 Å². The van der Waals surface area contributed by atoms with Gasteiger partial charge in [-0.1, -0.05) is 54.6 Å². The Balaban J connectivity index is 1.43.